The molecule has 2 rings (SSSR count). The predicted octanol–water partition coefficient (Wildman–Crippen LogP) is 0.696. The standard InChI is InChI=1S/C13H16FN7O4/c1-3-20-12(14)9(7-16-20)6-15-17-11(22)4-5-19-8-10(21(23)24)13(18-19)25-2/h6-8H,3-5H2,1-2H3,(H,17,22)/b15-6-. The second-order valence-corrected chi connectivity index (χ2v) is 4.79. The van der Waals surface area contributed by atoms with E-state index in [1.54, 1.807) is 6.92 Å². The van der Waals surface area contributed by atoms with Gasteiger partial charge in [0.15, 0.2) is 0 Å². The van der Waals surface area contributed by atoms with E-state index >= 15 is 0 Å². The lowest BCUT2D eigenvalue weighted by Crippen LogP contribution is -2.19. The topological polar surface area (TPSA) is 129 Å². The molecule has 25 heavy (non-hydrogen) atoms. The maximum atomic E-state index is 13.7. The number of halogens is 1. The summed E-state index contributed by atoms with van der Waals surface area (Å²) in [6.45, 7) is 2.21. The number of hydrogen-bond donors (Lipinski definition) is 1. The molecule has 0 unspecified atom stereocenters. The van der Waals surface area contributed by atoms with Crippen LogP contribution in [0.1, 0.15) is 18.9 Å². The number of rotatable bonds is 8. The Morgan fingerprint density at radius 2 is 2.36 bits per heavy atom. The summed E-state index contributed by atoms with van der Waals surface area (Å²) >= 11 is 0. The number of nitro groups is 1. The van der Waals surface area contributed by atoms with Gasteiger partial charge < -0.3 is 4.74 Å². The lowest BCUT2D eigenvalue weighted by atomic mass is 10.4. The van der Waals surface area contributed by atoms with E-state index in [4.69, 9.17) is 4.74 Å². The third kappa shape index (κ3) is 4.37. The number of methoxy groups -OCH3 is 1. The van der Waals surface area contributed by atoms with Gasteiger partial charge in [-0.2, -0.15) is 14.6 Å². The van der Waals surface area contributed by atoms with E-state index in [0.29, 0.717) is 6.54 Å². The van der Waals surface area contributed by atoms with Crippen LogP contribution in [0.4, 0.5) is 10.1 Å². The van der Waals surface area contributed by atoms with Crippen molar-refractivity contribution in [1.29, 1.82) is 0 Å². The van der Waals surface area contributed by atoms with Gasteiger partial charge in [0.2, 0.25) is 11.9 Å². The second kappa shape index (κ2) is 7.99. The SMILES string of the molecule is CCn1ncc(/C=N\NC(=O)CCn2cc([N+](=O)[O-])c(OC)n2)c1F. The van der Waals surface area contributed by atoms with Crippen LogP contribution in [0.2, 0.25) is 0 Å². The highest BCUT2D eigenvalue weighted by Gasteiger charge is 2.20. The maximum Gasteiger partial charge on any atom is 0.350 e. The summed E-state index contributed by atoms with van der Waals surface area (Å²) in [6, 6.07) is 0. The van der Waals surface area contributed by atoms with Gasteiger partial charge in [-0.1, -0.05) is 0 Å². The number of carbonyl (C=O) groups is 1. The summed E-state index contributed by atoms with van der Waals surface area (Å²) in [5, 5.41) is 22.1. The first-order chi connectivity index (χ1) is 12.0. The Labute approximate surface area is 141 Å². The van der Waals surface area contributed by atoms with Gasteiger partial charge in [0.1, 0.15) is 6.20 Å². The molecule has 12 heteroatoms. The van der Waals surface area contributed by atoms with Gasteiger partial charge in [-0.3, -0.25) is 19.6 Å². The number of amides is 1. The smallest absolute Gasteiger partial charge is 0.350 e. The molecule has 0 fully saturated rings. The molecule has 2 aromatic heterocycles. The van der Waals surface area contributed by atoms with E-state index < -0.39 is 16.8 Å². The van der Waals surface area contributed by atoms with E-state index in [-0.39, 0.29) is 30.1 Å². The molecule has 0 saturated carbocycles. The lowest BCUT2D eigenvalue weighted by molar-refractivity contribution is -0.385. The first kappa shape index (κ1) is 18.0. The molecule has 0 aliphatic rings. The van der Waals surface area contributed by atoms with E-state index in [9.17, 15) is 19.3 Å². The molecule has 134 valence electrons. The molecular weight excluding hydrogens is 337 g/mol. The van der Waals surface area contributed by atoms with E-state index in [2.05, 4.69) is 20.7 Å². The van der Waals surface area contributed by atoms with Crippen LogP contribution >= 0.6 is 0 Å². The quantitative estimate of drug-likeness (QED) is 0.422. The lowest BCUT2D eigenvalue weighted by Gasteiger charge is -2.00. The van der Waals surface area contributed by atoms with Gasteiger partial charge in [0, 0.05) is 13.0 Å². The molecule has 0 aliphatic carbocycles. The van der Waals surface area contributed by atoms with Gasteiger partial charge in [-0.05, 0) is 6.92 Å². The number of nitrogens with one attached hydrogen (secondary N) is 1. The number of ether oxygens (including phenoxy) is 1. The van der Waals surface area contributed by atoms with Crippen molar-refractivity contribution in [2.24, 2.45) is 5.10 Å². The average Bonchev–Trinajstić information content (AvgIpc) is 3.17. The largest absolute Gasteiger partial charge is 0.475 e. The van der Waals surface area contributed by atoms with Crippen LogP contribution in [0, 0.1) is 16.1 Å². The Kier molecular flexibility index (Phi) is 5.76. The zero-order valence-electron chi connectivity index (χ0n) is 13.5. The molecule has 0 atom stereocenters. The molecule has 0 aromatic carbocycles. The Hall–Kier alpha value is -3.31. The Bertz CT molecular complexity index is 798. The van der Waals surface area contributed by atoms with Crippen LogP contribution in [-0.4, -0.2) is 43.7 Å². The minimum absolute atomic E-state index is 0.0317. The molecule has 2 aromatic rings. The molecule has 0 saturated heterocycles. The fourth-order valence-electron chi connectivity index (χ4n) is 1.92. The highest BCUT2D eigenvalue weighted by Crippen LogP contribution is 2.23. The third-order valence-corrected chi connectivity index (χ3v) is 3.16. The van der Waals surface area contributed by atoms with Gasteiger partial charge in [-0.15, -0.1) is 5.10 Å². The second-order valence-electron chi connectivity index (χ2n) is 4.79. The number of hydrogen-bond acceptors (Lipinski definition) is 7. The molecule has 2 heterocycles. The summed E-state index contributed by atoms with van der Waals surface area (Å²) in [7, 11) is 1.26. The van der Waals surface area contributed by atoms with E-state index in [1.165, 1.54) is 24.2 Å². The molecule has 1 amide bonds. The van der Waals surface area contributed by atoms with Crippen molar-refractivity contribution >= 4 is 17.8 Å². The first-order valence-electron chi connectivity index (χ1n) is 7.25. The number of nitrogens with zero attached hydrogens (tertiary/aromatic N) is 6. The number of hydrazone groups is 1. The summed E-state index contributed by atoms with van der Waals surface area (Å²) in [5.41, 5.74) is 2.09. The van der Waals surface area contributed by atoms with Crippen LogP contribution in [0.15, 0.2) is 17.5 Å². The maximum absolute atomic E-state index is 13.7. The minimum Gasteiger partial charge on any atom is -0.475 e. The number of aromatic nitrogens is 4. The van der Waals surface area contributed by atoms with Crippen LogP contribution in [0.5, 0.6) is 5.88 Å². The Morgan fingerprint density at radius 1 is 1.60 bits per heavy atom. The summed E-state index contributed by atoms with van der Waals surface area (Å²) in [5.74, 6) is -1.14. The molecule has 0 bridgehead atoms. The van der Waals surface area contributed by atoms with Crippen molar-refractivity contribution in [2.45, 2.75) is 26.4 Å². The molecular formula is C13H16FN7O4. The Balaban J connectivity index is 1.87. The van der Waals surface area contributed by atoms with Crippen LogP contribution in [0.25, 0.3) is 0 Å². The fourth-order valence-corrected chi connectivity index (χ4v) is 1.92. The van der Waals surface area contributed by atoms with Gasteiger partial charge in [0.05, 0.1) is 36.6 Å². The zero-order chi connectivity index (χ0) is 18.4. The van der Waals surface area contributed by atoms with Crippen molar-refractivity contribution < 1.29 is 18.8 Å². The third-order valence-electron chi connectivity index (χ3n) is 3.16. The highest BCUT2D eigenvalue weighted by molar-refractivity contribution is 5.82. The van der Waals surface area contributed by atoms with Gasteiger partial charge >= 0.3 is 11.6 Å². The predicted molar refractivity (Wildman–Crippen MR) is 83.6 cm³/mol. The monoisotopic (exact) mass is 353 g/mol. The van der Waals surface area contributed by atoms with Crippen molar-refractivity contribution in [3.63, 3.8) is 0 Å². The normalized spacial score (nSPS) is 11.0. The molecule has 0 radical (unpaired) electrons. The van der Waals surface area contributed by atoms with Gasteiger partial charge in [-0.25, -0.2) is 10.1 Å². The number of aryl methyl sites for hydroxylation is 2. The molecule has 0 spiro atoms. The Morgan fingerprint density at radius 3 is 2.92 bits per heavy atom. The van der Waals surface area contributed by atoms with Gasteiger partial charge in [0.25, 0.3) is 0 Å². The molecule has 0 aliphatic heterocycles. The molecule has 1 N–H and O–H groups in total. The van der Waals surface area contributed by atoms with E-state index in [0.717, 1.165) is 10.9 Å². The van der Waals surface area contributed by atoms with Crippen molar-refractivity contribution in [3.05, 3.63) is 34.0 Å². The van der Waals surface area contributed by atoms with Crippen LogP contribution < -0.4 is 10.2 Å². The van der Waals surface area contributed by atoms with Crippen LogP contribution in [-0.2, 0) is 17.9 Å². The minimum atomic E-state index is -0.627. The van der Waals surface area contributed by atoms with Crippen molar-refractivity contribution in [2.75, 3.05) is 7.11 Å². The average molecular weight is 353 g/mol. The van der Waals surface area contributed by atoms with Crippen molar-refractivity contribution in [1.82, 2.24) is 25.0 Å². The summed E-state index contributed by atoms with van der Waals surface area (Å²) in [6.07, 6.45) is 3.58. The molecule has 11 nitrogen and oxygen atoms in total. The summed E-state index contributed by atoms with van der Waals surface area (Å²) < 4.78 is 20.9. The fraction of sp³-hybridized carbons (Fsp3) is 0.385. The van der Waals surface area contributed by atoms with Crippen molar-refractivity contribution in [3.8, 4) is 5.88 Å². The van der Waals surface area contributed by atoms with Crippen LogP contribution in [0.3, 0.4) is 0 Å². The van der Waals surface area contributed by atoms with E-state index in [1.807, 2.05) is 0 Å². The summed E-state index contributed by atoms with van der Waals surface area (Å²) in [4.78, 5) is 21.9. The first-order valence-corrected chi connectivity index (χ1v) is 7.25. The number of carbonyl (C=O) groups excluding carboxylic acids is 1. The highest BCUT2D eigenvalue weighted by atomic mass is 19.1. The zero-order valence-corrected chi connectivity index (χ0v) is 13.5.